The molecule has 1 aromatic rings. The van der Waals surface area contributed by atoms with E-state index in [4.69, 9.17) is 20.4 Å². The van der Waals surface area contributed by atoms with E-state index < -0.39 is 0 Å². The van der Waals surface area contributed by atoms with Crippen LogP contribution in [0.4, 0.5) is 0 Å². The van der Waals surface area contributed by atoms with Gasteiger partial charge in [-0.15, -0.1) is 0 Å². The summed E-state index contributed by atoms with van der Waals surface area (Å²) >= 11 is 0. The van der Waals surface area contributed by atoms with Gasteiger partial charge >= 0.3 is 0 Å². The molecular formula is C10H8N2O3. The number of hydrogen-bond acceptors (Lipinski definition) is 4. The van der Waals surface area contributed by atoms with Crippen molar-refractivity contribution in [3.05, 3.63) is 23.3 Å². The molecule has 0 atom stereocenters. The van der Waals surface area contributed by atoms with Crippen LogP contribution in [0, 0.1) is 0 Å². The maximum atomic E-state index is 8.56. The Kier molecular flexibility index (Phi) is 1.45. The molecule has 3 rings (SSSR count). The van der Waals surface area contributed by atoms with Gasteiger partial charge in [0.1, 0.15) is 0 Å². The van der Waals surface area contributed by atoms with E-state index in [1.807, 2.05) is 18.2 Å². The molecule has 0 saturated heterocycles. The van der Waals surface area contributed by atoms with Gasteiger partial charge in [0.05, 0.1) is 0 Å². The summed E-state index contributed by atoms with van der Waals surface area (Å²) in [5, 5.41) is 11.5. The molecule has 0 amide bonds. The number of nitrogens with two attached hydrogens (primary N) is 1. The van der Waals surface area contributed by atoms with Gasteiger partial charge in [-0.2, -0.15) is 0 Å². The molecule has 0 fully saturated rings. The van der Waals surface area contributed by atoms with Gasteiger partial charge in [0.25, 0.3) is 0 Å². The molecule has 0 saturated carbocycles. The summed E-state index contributed by atoms with van der Waals surface area (Å²) in [6.07, 6.45) is 1.84. The molecule has 1 aliphatic heterocycles. The van der Waals surface area contributed by atoms with Crippen molar-refractivity contribution in [2.45, 2.75) is 0 Å². The molecule has 0 spiro atoms. The molecule has 5 nitrogen and oxygen atoms in total. The van der Waals surface area contributed by atoms with Gasteiger partial charge < -0.3 is 20.4 Å². The number of rotatable bonds is 1. The van der Waals surface area contributed by atoms with E-state index in [1.54, 1.807) is 0 Å². The van der Waals surface area contributed by atoms with Crippen molar-refractivity contribution in [3.8, 4) is 11.5 Å². The summed E-state index contributed by atoms with van der Waals surface area (Å²) in [6, 6.07) is 3.72. The molecule has 0 aromatic heterocycles. The lowest BCUT2D eigenvalue weighted by Gasteiger charge is -2.19. The fourth-order valence-electron chi connectivity index (χ4n) is 1.73. The van der Waals surface area contributed by atoms with Gasteiger partial charge in [0.15, 0.2) is 17.3 Å². The number of oxime groups is 1. The van der Waals surface area contributed by atoms with Gasteiger partial charge in [0, 0.05) is 5.57 Å². The van der Waals surface area contributed by atoms with Crippen LogP contribution in [0.5, 0.6) is 11.5 Å². The molecule has 15 heavy (non-hydrogen) atoms. The largest absolute Gasteiger partial charge is 0.454 e. The van der Waals surface area contributed by atoms with Crippen molar-refractivity contribution >= 4 is 17.5 Å². The lowest BCUT2D eigenvalue weighted by atomic mass is 9.87. The van der Waals surface area contributed by atoms with Gasteiger partial charge in [-0.3, -0.25) is 0 Å². The highest BCUT2D eigenvalue weighted by Crippen LogP contribution is 2.42. The zero-order valence-electron chi connectivity index (χ0n) is 7.73. The second kappa shape index (κ2) is 2.66. The second-order valence-electron chi connectivity index (χ2n) is 3.34. The van der Waals surface area contributed by atoms with Crippen LogP contribution in [0.15, 0.2) is 17.3 Å². The van der Waals surface area contributed by atoms with Crippen molar-refractivity contribution in [2.24, 2.45) is 10.9 Å². The van der Waals surface area contributed by atoms with E-state index in [0.29, 0.717) is 5.75 Å². The standard InChI is InChI=1S/C10H8N2O3/c11-10(12-13)7-1-5-2-8-9(3-6(5)7)15-4-14-8/h1-3,13H,4H2,(H2,11,12). The first-order valence-corrected chi connectivity index (χ1v) is 4.43. The van der Waals surface area contributed by atoms with Crippen LogP contribution in [0.3, 0.4) is 0 Å². The summed E-state index contributed by atoms with van der Waals surface area (Å²) in [7, 11) is 0. The van der Waals surface area contributed by atoms with Gasteiger partial charge in [-0.1, -0.05) is 5.16 Å². The average molecular weight is 204 g/mol. The van der Waals surface area contributed by atoms with E-state index in [2.05, 4.69) is 5.16 Å². The Morgan fingerprint density at radius 1 is 1.33 bits per heavy atom. The minimum Gasteiger partial charge on any atom is -0.454 e. The molecule has 1 aromatic carbocycles. The summed E-state index contributed by atoms with van der Waals surface area (Å²) in [4.78, 5) is 0. The first-order valence-electron chi connectivity index (χ1n) is 4.43. The molecule has 76 valence electrons. The second-order valence-corrected chi connectivity index (χ2v) is 3.34. The van der Waals surface area contributed by atoms with E-state index in [9.17, 15) is 0 Å². The highest BCUT2D eigenvalue weighted by Gasteiger charge is 2.25. The summed E-state index contributed by atoms with van der Waals surface area (Å²) < 4.78 is 10.5. The number of amidine groups is 1. The molecule has 2 aliphatic rings. The molecule has 1 heterocycles. The molecule has 3 N–H and O–H groups in total. The van der Waals surface area contributed by atoms with Crippen LogP contribution < -0.4 is 15.2 Å². The van der Waals surface area contributed by atoms with E-state index in [0.717, 1.165) is 22.4 Å². The predicted molar refractivity (Wildman–Crippen MR) is 53.8 cm³/mol. The monoisotopic (exact) mass is 204 g/mol. The van der Waals surface area contributed by atoms with E-state index >= 15 is 0 Å². The Hall–Kier alpha value is -2.17. The van der Waals surface area contributed by atoms with Crippen LogP contribution in [0.25, 0.3) is 11.6 Å². The first-order chi connectivity index (χ1) is 7.29. The fourth-order valence-corrected chi connectivity index (χ4v) is 1.73. The SMILES string of the molecule is NC(=NO)C1=Cc2cc3c(cc21)OCO3. The van der Waals surface area contributed by atoms with E-state index in [-0.39, 0.29) is 12.6 Å². The third-order valence-corrected chi connectivity index (χ3v) is 2.52. The predicted octanol–water partition coefficient (Wildman–Crippen LogP) is 1.02. The third kappa shape index (κ3) is 0.999. The topological polar surface area (TPSA) is 77.1 Å². The highest BCUT2D eigenvalue weighted by atomic mass is 16.7. The number of hydrogen-bond donors (Lipinski definition) is 2. The Morgan fingerprint density at radius 2 is 2.07 bits per heavy atom. The van der Waals surface area contributed by atoms with Crippen molar-refractivity contribution in [1.82, 2.24) is 0 Å². The lowest BCUT2D eigenvalue weighted by Crippen LogP contribution is -2.18. The van der Waals surface area contributed by atoms with Gasteiger partial charge in [-0.25, -0.2) is 0 Å². The Balaban J connectivity index is 2.06. The third-order valence-electron chi connectivity index (χ3n) is 2.52. The van der Waals surface area contributed by atoms with Crippen molar-refractivity contribution < 1.29 is 14.7 Å². The summed E-state index contributed by atoms with van der Waals surface area (Å²) in [5.41, 5.74) is 8.17. The molecule has 0 unspecified atom stereocenters. The minimum absolute atomic E-state index is 0.112. The molecule has 1 aliphatic carbocycles. The molecule has 0 bridgehead atoms. The Bertz CT molecular complexity index is 506. The van der Waals surface area contributed by atoms with Crippen LogP contribution in [-0.2, 0) is 0 Å². The van der Waals surface area contributed by atoms with Crippen molar-refractivity contribution in [2.75, 3.05) is 6.79 Å². The van der Waals surface area contributed by atoms with Crippen LogP contribution >= 0.6 is 0 Å². The van der Waals surface area contributed by atoms with Crippen LogP contribution in [0.2, 0.25) is 0 Å². The fraction of sp³-hybridized carbons (Fsp3) is 0.100. The number of ether oxygens (including phenoxy) is 2. The first kappa shape index (κ1) is 8.16. The zero-order valence-corrected chi connectivity index (χ0v) is 7.73. The van der Waals surface area contributed by atoms with Gasteiger partial charge in [0.2, 0.25) is 6.79 Å². The summed E-state index contributed by atoms with van der Waals surface area (Å²) in [5.74, 6) is 1.55. The quantitative estimate of drug-likeness (QED) is 0.310. The number of benzene rings is 1. The smallest absolute Gasteiger partial charge is 0.231 e. The van der Waals surface area contributed by atoms with Crippen LogP contribution in [0.1, 0.15) is 11.1 Å². The number of nitrogens with zero attached hydrogens (tertiary/aromatic N) is 1. The summed E-state index contributed by atoms with van der Waals surface area (Å²) in [6.45, 7) is 0.247. The number of fused-ring (bicyclic) bond motifs is 2. The average Bonchev–Trinajstić information content (AvgIpc) is 2.67. The minimum atomic E-state index is 0.112. The lowest BCUT2D eigenvalue weighted by molar-refractivity contribution is 0.174. The van der Waals surface area contributed by atoms with Crippen LogP contribution in [-0.4, -0.2) is 17.8 Å². The zero-order chi connectivity index (χ0) is 10.4. The Labute approximate surface area is 85.4 Å². The highest BCUT2D eigenvalue weighted by molar-refractivity contribution is 6.31. The maximum Gasteiger partial charge on any atom is 0.231 e. The maximum absolute atomic E-state index is 8.56. The Morgan fingerprint density at radius 3 is 2.80 bits per heavy atom. The van der Waals surface area contributed by atoms with Gasteiger partial charge in [-0.05, 0) is 29.3 Å². The normalized spacial score (nSPS) is 16.8. The molecule has 0 radical (unpaired) electrons. The molecule has 5 heteroatoms. The molecular weight excluding hydrogens is 196 g/mol. The van der Waals surface area contributed by atoms with Crippen molar-refractivity contribution in [3.63, 3.8) is 0 Å². The van der Waals surface area contributed by atoms with E-state index in [1.165, 1.54) is 0 Å². The van der Waals surface area contributed by atoms with Crippen molar-refractivity contribution in [1.29, 1.82) is 0 Å².